The highest BCUT2D eigenvalue weighted by Gasteiger charge is 2.54. The molecule has 128 valence electrons. The minimum Gasteiger partial charge on any atom is -0.468 e. The van der Waals surface area contributed by atoms with Gasteiger partial charge in [-0.05, 0) is 33.3 Å². The zero-order valence-corrected chi connectivity index (χ0v) is 14.5. The lowest BCUT2D eigenvalue weighted by molar-refractivity contribution is -0.145. The molecule has 2 aliphatic rings. The van der Waals surface area contributed by atoms with Crippen molar-refractivity contribution in [3.05, 3.63) is 29.8 Å². The summed E-state index contributed by atoms with van der Waals surface area (Å²) < 4.78 is 10.5. The fraction of sp³-hybridized carbons (Fsp3) is 0.500. The molecule has 6 heteroatoms. The van der Waals surface area contributed by atoms with Gasteiger partial charge in [-0.2, -0.15) is 0 Å². The Hall–Kier alpha value is -2.37. The third-order valence-electron chi connectivity index (χ3n) is 4.39. The van der Waals surface area contributed by atoms with Crippen molar-refractivity contribution in [2.45, 2.75) is 38.2 Å². The molecule has 0 spiro atoms. The number of amides is 1. The quantitative estimate of drug-likeness (QED) is 0.743. The molecule has 1 aromatic rings. The Morgan fingerprint density at radius 3 is 2.62 bits per heavy atom. The van der Waals surface area contributed by atoms with Crippen LogP contribution in [0.5, 0.6) is 0 Å². The molecule has 1 amide bonds. The molecule has 1 unspecified atom stereocenters. The maximum atomic E-state index is 12.6. The number of methoxy groups -OCH3 is 1. The van der Waals surface area contributed by atoms with Crippen molar-refractivity contribution >= 4 is 23.5 Å². The van der Waals surface area contributed by atoms with E-state index in [0.717, 1.165) is 11.3 Å². The second-order valence-corrected chi connectivity index (χ2v) is 7.12. The van der Waals surface area contributed by atoms with Gasteiger partial charge >= 0.3 is 12.1 Å². The smallest absolute Gasteiger partial charge is 0.410 e. The number of likely N-dealkylation sites (tertiary alicyclic amines) is 1. The van der Waals surface area contributed by atoms with Crippen LogP contribution >= 0.6 is 0 Å². The van der Waals surface area contributed by atoms with Gasteiger partial charge in [0.15, 0.2) is 0 Å². The first-order valence-electron chi connectivity index (χ1n) is 8.02. The number of piperidine rings is 1. The Labute approximate surface area is 141 Å². The Morgan fingerprint density at radius 2 is 1.96 bits per heavy atom. The number of para-hydroxylation sites is 1. The van der Waals surface area contributed by atoms with E-state index in [9.17, 15) is 9.59 Å². The minimum atomic E-state index is -0.885. The van der Waals surface area contributed by atoms with E-state index in [1.165, 1.54) is 7.11 Å². The van der Waals surface area contributed by atoms with Crippen molar-refractivity contribution < 1.29 is 19.1 Å². The maximum absolute atomic E-state index is 12.6. The van der Waals surface area contributed by atoms with Crippen LogP contribution in [0.15, 0.2) is 29.3 Å². The topological polar surface area (TPSA) is 68.2 Å². The Balaban J connectivity index is 1.92. The van der Waals surface area contributed by atoms with E-state index in [-0.39, 0.29) is 18.6 Å². The molecule has 1 saturated heterocycles. The average Bonchev–Trinajstić information content (AvgIpc) is 2.86. The number of fused-ring (bicyclic) bond motifs is 3. The van der Waals surface area contributed by atoms with Crippen molar-refractivity contribution in [3.63, 3.8) is 0 Å². The number of hydrogen-bond acceptors (Lipinski definition) is 5. The Kier molecular flexibility index (Phi) is 3.86. The van der Waals surface area contributed by atoms with Gasteiger partial charge in [0.2, 0.25) is 0 Å². The van der Waals surface area contributed by atoms with Gasteiger partial charge in [-0.15, -0.1) is 0 Å². The average molecular weight is 330 g/mol. The molecule has 0 saturated carbocycles. The molecule has 2 aliphatic heterocycles. The molecule has 1 aromatic carbocycles. The highest BCUT2D eigenvalue weighted by Crippen LogP contribution is 2.45. The summed E-state index contributed by atoms with van der Waals surface area (Å²) in [5.41, 5.74) is 0.824. The van der Waals surface area contributed by atoms with Gasteiger partial charge in [0.1, 0.15) is 11.0 Å². The van der Waals surface area contributed by atoms with E-state index in [1.807, 2.05) is 45.0 Å². The maximum Gasteiger partial charge on any atom is 0.410 e. The summed E-state index contributed by atoms with van der Waals surface area (Å²) in [6, 6.07) is 7.56. The highest BCUT2D eigenvalue weighted by atomic mass is 16.6. The summed E-state index contributed by atoms with van der Waals surface area (Å²) in [6.07, 6.45) is 0.0500. The van der Waals surface area contributed by atoms with Crippen LogP contribution in [0.1, 0.15) is 32.8 Å². The van der Waals surface area contributed by atoms with E-state index < -0.39 is 11.0 Å². The summed E-state index contributed by atoms with van der Waals surface area (Å²) in [5, 5.41) is 0. The summed E-state index contributed by atoms with van der Waals surface area (Å²) in [5.74, 6) is -0.324. The number of hydrogen-bond donors (Lipinski definition) is 0. The Morgan fingerprint density at radius 1 is 1.25 bits per heavy atom. The molecule has 0 N–H and O–H groups in total. The van der Waals surface area contributed by atoms with E-state index in [0.29, 0.717) is 18.7 Å². The van der Waals surface area contributed by atoms with Crippen LogP contribution in [0.25, 0.3) is 0 Å². The lowest BCUT2D eigenvalue weighted by Crippen LogP contribution is -2.55. The van der Waals surface area contributed by atoms with Crippen LogP contribution in [-0.2, 0) is 19.7 Å². The van der Waals surface area contributed by atoms with Gasteiger partial charge in [0.05, 0.1) is 25.1 Å². The number of nitrogens with zero attached hydrogens (tertiary/aromatic N) is 2. The van der Waals surface area contributed by atoms with Crippen molar-refractivity contribution in [2.75, 3.05) is 20.2 Å². The van der Waals surface area contributed by atoms with Gasteiger partial charge in [-0.1, -0.05) is 18.2 Å². The van der Waals surface area contributed by atoms with Crippen LogP contribution in [0.3, 0.4) is 0 Å². The van der Waals surface area contributed by atoms with Crippen LogP contribution in [0.4, 0.5) is 10.5 Å². The molecular formula is C18H22N2O4. The minimum absolute atomic E-state index is 0.263. The second kappa shape index (κ2) is 5.61. The number of rotatable bonds is 1. The first-order valence-corrected chi connectivity index (χ1v) is 8.02. The zero-order chi connectivity index (χ0) is 17.5. The number of carbonyl (C=O) groups excluding carboxylic acids is 2. The van der Waals surface area contributed by atoms with Crippen LogP contribution in [0.2, 0.25) is 0 Å². The molecule has 24 heavy (non-hydrogen) atoms. The van der Waals surface area contributed by atoms with Crippen molar-refractivity contribution in [1.82, 2.24) is 4.90 Å². The molecule has 3 rings (SSSR count). The standard InChI is InChI=1S/C18H22N2O4/c1-17(2,3)24-16(22)20-10-9-18(15(21)23-4)12-7-5-6-8-13(12)19-14(18)11-20/h5-8H,9-11H2,1-4H3. The number of benzene rings is 1. The molecule has 0 aliphatic carbocycles. The first-order chi connectivity index (χ1) is 11.3. The lowest BCUT2D eigenvalue weighted by Gasteiger charge is -2.38. The number of aliphatic imine (C=N–C) groups is 1. The van der Waals surface area contributed by atoms with Crippen molar-refractivity contribution in [2.24, 2.45) is 4.99 Å². The molecule has 1 fully saturated rings. The van der Waals surface area contributed by atoms with E-state index in [2.05, 4.69) is 4.99 Å². The molecule has 6 nitrogen and oxygen atoms in total. The van der Waals surface area contributed by atoms with Gasteiger partial charge in [0.25, 0.3) is 0 Å². The van der Waals surface area contributed by atoms with Crippen LogP contribution < -0.4 is 0 Å². The normalized spacial score (nSPS) is 22.3. The summed E-state index contributed by atoms with van der Waals surface area (Å²) >= 11 is 0. The molecule has 1 atom stereocenters. The van der Waals surface area contributed by atoms with Gasteiger partial charge in [0, 0.05) is 12.1 Å². The zero-order valence-electron chi connectivity index (χ0n) is 14.5. The number of ether oxygens (including phenoxy) is 2. The third kappa shape index (κ3) is 2.56. The van der Waals surface area contributed by atoms with Crippen molar-refractivity contribution in [3.8, 4) is 0 Å². The number of carbonyl (C=O) groups is 2. The van der Waals surface area contributed by atoms with E-state index >= 15 is 0 Å². The fourth-order valence-electron chi connectivity index (χ4n) is 3.33. The first kappa shape index (κ1) is 16.5. The fourth-order valence-corrected chi connectivity index (χ4v) is 3.33. The van der Waals surface area contributed by atoms with E-state index in [4.69, 9.17) is 9.47 Å². The SMILES string of the molecule is COC(=O)C12CCN(C(=O)OC(C)(C)C)CC1=Nc1ccccc12. The molecule has 0 bridgehead atoms. The highest BCUT2D eigenvalue weighted by molar-refractivity contribution is 6.18. The van der Waals surface area contributed by atoms with Crippen LogP contribution in [-0.4, -0.2) is 48.5 Å². The second-order valence-electron chi connectivity index (χ2n) is 7.12. The summed E-state index contributed by atoms with van der Waals surface area (Å²) in [4.78, 5) is 31.2. The Bertz CT molecular complexity index is 720. The van der Waals surface area contributed by atoms with Gasteiger partial charge in [-0.25, -0.2) is 4.79 Å². The molecule has 2 heterocycles. The summed E-state index contributed by atoms with van der Waals surface area (Å²) in [6.45, 7) is 6.17. The summed E-state index contributed by atoms with van der Waals surface area (Å²) in [7, 11) is 1.38. The van der Waals surface area contributed by atoms with Crippen molar-refractivity contribution in [1.29, 1.82) is 0 Å². The molecular weight excluding hydrogens is 308 g/mol. The molecule has 0 aromatic heterocycles. The lowest BCUT2D eigenvalue weighted by atomic mass is 9.72. The van der Waals surface area contributed by atoms with Gasteiger partial charge in [-0.3, -0.25) is 9.79 Å². The van der Waals surface area contributed by atoms with E-state index in [1.54, 1.807) is 4.90 Å². The predicted molar refractivity (Wildman–Crippen MR) is 89.7 cm³/mol. The van der Waals surface area contributed by atoms with Crippen LogP contribution in [0, 0.1) is 0 Å². The van der Waals surface area contributed by atoms with Gasteiger partial charge < -0.3 is 14.4 Å². The number of esters is 1. The largest absolute Gasteiger partial charge is 0.468 e. The molecule has 0 radical (unpaired) electrons. The monoisotopic (exact) mass is 330 g/mol. The predicted octanol–water partition coefficient (Wildman–Crippen LogP) is 2.82. The third-order valence-corrected chi connectivity index (χ3v) is 4.39.